The Morgan fingerprint density at radius 3 is 2.62 bits per heavy atom. The highest BCUT2D eigenvalue weighted by molar-refractivity contribution is 5.41. The summed E-state index contributed by atoms with van der Waals surface area (Å²) in [5, 5.41) is 3.17. The Bertz CT molecular complexity index is 465. The molecule has 21 heavy (non-hydrogen) atoms. The summed E-state index contributed by atoms with van der Waals surface area (Å²) in [4.78, 5) is 0. The third-order valence-electron chi connectivity index (χ3n) is 4.00. The summed E-state index contributed by atoms with van der Waals surface area (Å²) in [7, 11) is 1.97. The van der Waals surface area contributed by atoms with Crippen LogP contribution in [0.3, 0.4) is 0 Å². The molecule has 0 bridgehead atoms. The largest absolute Gasteiger partial charge is 0.491 e. The van der Waals surface area contributed by atoms with Crippen LogP contribution in [0.2, 0.25) is 0 Å². The van der Waals surface area contributed by atoms with Crippen LogP contribution in [-0.2, 0) is 10.2 Å². The fraction of sp³-hybridized carbons (Fsp3) is 0.667. The van der Waals surface area contributed by atoms with Gasteiger partial charge in [-0.1, -0.05) is 38.5 Å². The molecule has 2 atom stereocenters. The van der Waals surface area contributed by atoms with Gasteiger partial charge in [-0.2, -0.15) is 0 Å². The zero-order chi connectivity index (χ0) is 15.5. The van der Waals surface area contributed by atoms with Gasteiger partial charge in [0.25, 0.3) is 0 Å². The molecule has 0 spiro atoms. The summed E-state index contributed by atoms with van der Waals surface area (Å²) in [6.45, 7) is 10.4. The topological polar surface area (TPSA) is 30.5 Å². The molecule has 1 saturated heterocycles. The molecule has 1 aromatic rings. The Hall–Kier alpha value is -1.06. The van der Waals surface area contributed by atoms with E-state index in [2.05, 4.69) is 51.2 Å². The van der Waals surface area contributed by atoms with Crippen molar-refractivity contribution in [3.63, 3.8) is 0 Å². The Kier molecular flexibility index (Phi) is 5.28. The van der Waals surface area contributed by atoms with Crippen LogP contribution in [0.5, 0.6) is 5.75 Å². The zero-order valence-electron chi connectivity index (χ0n) is 14.0. The maximum atomic E-state index is 6.08. The minimum absolute atomic E-state index is 0.0898. The second kappa shape index (κ2) is 6.80. The van der Waals surface area contributed by atoms with E-state index in [1.54, 1.807) is 0 Å². The highest BCUT2D eigenvalue weighted by Gasteiger charge is 2.26. The van der Waals surface area contributed by atoms with Crippen LogP contribution in [0, 0.1) is 6.92 Å². The molecular weight excluding hydrogens is 262 g/mol. The molecule has 1 N–H and O–H groups in total. The van der Waals surface area contributed by atoms with Crippen molar-refractivity contribution in [1.29, 1.82) is 0 Å². The number of ether oxygens (including phenoxy) is 2. The molecule has 0 amide bonds. The van der Waals surface area contributed by atoms with E-state index in [9.17, 15) is 0 Å². The lowest BCUT2D eigenvalue weighted by Gasteiger charge is -2.24. The number of likely N-dealkylation sites (N-methyl/N-ethyl adjacent to an activating group) is 1. The van der Waals surface area contributed by atoms with Crippen LogP contribution >= 0.6 is 0 Å². The lowest BCUT2D eigenvalue weighted by atomic mass is 9.85. The molecule has 2 unspecified atom stereocenters. The summed E-state index contributed by atoms with van der Waals surface area (Å²) >= 11 is 0. The summed E-state index contributed by atoms with van der Waals surface area (Å²) in [5.41, 5.74) is 2.64. The van der Waals surface area contributed by atoms with Crippen LogP contribution in [0.1, 0.15) is 44.7 Å². The maximum Gasteiger partial charge on any atom is 0.123 e. The first kappa shape index (κ1) is 16.3. The van der Waals surface area contributed by atoms with Gasteiger partial charge in [-0.05, 0) is 43.9 Å². The lowest BCUT2D eigenvalue weighted by Crippen LogP contribution is -2.26. The number of rotatable bonds is 5. The number of benzene rings is 1. The highest BCUT2D eigenvalue weighted by atomic mass is 16.5. The molecule has 1 aliphatic rings. The number of aryl methyl sites for hydroxylation is 1. The van der Waals surface area contributed by atoms with Gasteiger partial charge in [0.1, 0.15) is 12.4 Å². The van der Waals surface area contributed by atoms with E-state index in [-0.39, 0.29) is 11.5 Å². The maximum absolute atomic E-state index is 6.08. The van der Waals surface area contributed by atoms with Crippen molar-refractivity contribution in [3.05, 3.63) is 29.3 Å². The van der Waals surface area contributed by atoms with E-state index in [1.807, 2.05) is 7.05 Å². The highest BCUT2D eigenvalue weighted by Crippen LogP contribution is 2.32. The molecule has 1 aliphatic heterocycles. The molecular formula is C18H29NO2. The first-order valence-electron chi connectivity index (χ1n) is 7.94. The van der Waals surface area contributed by atoms with Crippen molar-refractivity contribution in [2.45, 2.75) is 58.2 Å². The van der Waals surface area contributed by atoms with Crippen molar-refractivity contribution >= 4 is 0 Å². The van der Waals surface area contributed by atoms with E-state index in [1.165, 1.54) is 11.1 Å². The molecule has 0 aliphatic carbocycles. The Labute approximate surface area is 129 Å². The third kappa shape index (κ3) is 4.45. The van der Waals surface area contributed by atoms with Crippen LogP contribution < -0.4 is 10.1 Å². The summed E-state index contributed by atoms with van der Waals surface area (Å²) in [6.07, 6.45) is 2.76. The molecule has 1 aromatic carbocycles. The summed E-state index contributed by atoms with van der Waals surface area (Å²) in [6, 6.07) is 6.44. The van der Waals surface area contributed by atoms with Gasteiger partial charge in [0, 0.05) is 6.54 Å². The lowest BCUT2D eigenvalue weighted by molar-refractivity contribution is 0.0190. The van der Waals surface area contributed by atoms with Crippen molar-refractivity contribution in [3.8, 4) is 5.75 Å². The van der Waals surface area contributed by atoms with Crippen molar-refractivity contribution in [2.75, 3.05) is 20.2 Å². The van der Waals surface area contributed by atoms with Gasteiger partial charge in [-0.25, -0.2) is 0 Å². The van der Waals surface area contributed by atoms with Crippen LogP contribution in [0.4, 0.5) is 0 Å². The Morgan fingerprint density at radius 2 is 1.95 bits per heavy atom. The molecule has 3 heteroatoms. The van der Waals surface area contributed by atoms with Gasteiger partial charge in [0.05, 0.1) is 12.2 Å². The minimum atomic E-state index is 0.0898. The normalized spacial score (nSPS) is 22.5. The van der Waals surface area contributed by atoms with Crippen molar-refractivity contribution < 1.29 is 9.47 Å². The minimum Gasteiger partial charge on any atom is -0.491 e. The molecule has 3 nitrogen and oxygen atoms in total. The van der Waals surface area contributed by atoms with Crippen LogP contribution in [0.25, 0.3) is 0 Å². The first-order chi connectivity index (χ1) is 9.90. The van der Waals surface area contributed by atoms with Gasteiger partial charge in [0.15, 0.2) is 0 Å². The summed E-state index contributed by atoms with van der Waals surface area (Å²) < 4.78 is 12.1. The second-order valence-electron chi connectivity index (χ2n) is 7.08. The molecule has 0 radical (unpaired) electrons. The van der Waals surface area contributed by atoms with Crippen LogP contribution in [-0.4, -0.2) is 32.4 Å². The second-order valence-corrected chi connectivity index (χ2v) is 7.08. The standard InChI is InChI=1S/C18H29NO2/c1-13-6-9-17(16(10-13)18(2,3)4)20-12-15-8-7-14(21-15)11-19-5/h6,9-10,14-15,19H,7-8,11-12H2,1-5H3. The van der Waals surface area contributed by atoms with E-state index < -0.39 is 0 Å². The Morgan fingerprint density at radius 1 is 1.24 bits per heavy atom. The number of nitrogens with one attached hydrogen (secondary N) is 1. The van der Waals surface area contributed by atoms with Gasteiger partial charge < -0.3 is 14.8 Å². The summed E-state index contributed by atoms with van der Waals surface area (Å²) in [5.74, 6) is 0.994. The SMILES string of the molecule is CNCC1CCC(COc2ccc(C)cc2C(C)(C)C)O1. The van der Waals surface area contributed by atoms with Gasteiger partial charge in [0.2, 0.25) is 0 Å². The molecule has 0 saturated carbocycles. The fourth-order valence-electron chi connectivity index (χ4n) is 2.82. The first-order valence-corrected chi connectivity index (χ1v) is 7.94. The van der Waals surface area contributed by atoms with E-state index in [0.29, 0.717) is 12.7 Å². The van der Waals surface area contributed by atoms with E-state index in [0.717, 1.165) is 25.1 Å². The molecule has 2 rings (SSSR count). The van der Waals surface area contributed by atoms with Gasteiger partial charge in [-0.15, -0.1) is 0 Å². The van der Waals surface area contributed by atoms with Gasteiger partial charge in [-0.3, -0.25) is 0 Å². The number of hydrogen-bond donors (Lipinski definition) is 1. The zero-order valence-corrected chi connectivity index (χ0v) is 14.0. The fourth-order valence-corrected chi connectivity index (χ4v) is 2.82. The average molecular weight is 291 g/mol. The molecule has 1 fully saturated rings. The van der Waals surface area contributed by atoms with Crippen molar-refractivity contribution in [2.24, 2.45) is 0 Å². The van der Waals surface area contributed by atoms with E-state index in [4.69, 9.17) is 9.47 Å². The predicted molar refractivity (Wildman–Crippen MR) is 87.2 cm³/mol. The Balaban J connectivity index is 1.98. The molecule has 118 valence electrons. The monoisotopic (exact) mass is 291 g/mol. The van der Waals surface area contributed by atoms with Crippen molar-refractivity contribution in [1.82, 2.24) is 5.32 Å². The number of hydrogen-bond acceptors (Lipinski definition) is 3. The molecule has 0 aromatic heterocycles. The van der Waals surface area contributed by atoms with Gasteiger partial charge >= 0.3 is 0 Å². The van der Waals surface area contributed by atoms with E-state index >= 15 is 0 Å². The third-order valence-corrected chi connectivity index (χ3v) is 4.00. The average Bonchev–Trinajstić information content (AvgIpc) is 2.84. The van der Waals surface area contributed by atoms with Crippen LogP contribution in [0.15, 0.2) is 18.2 Å². The smallest absolute Gasteiger partial charge is 0.123 e. The predicted octanol–water partition coefficient (Wildman–Crippen LogP) is 3.44. The quantitative estimate of drug-likeness (QED) is 0.901. The molecule has 1 heterocycles.